The van der Waals surface area contributed by atoms with E-state index in [0.717, 1.165) is 45.6 Å². The van der Waals surface area contributed by atoms with Crippen LogP contribution in [0, 0.1) is 5.41 Å². The number of carbonyl (C=O) groups is 2. The van der Waals surface area contributed by atoms with Crippen LogP contribution in [0.3, 0.4) is 0 Å². The second-order valence-corrected chi connectivity index (χ2v) is 7.35. The largest absolute Gasteiger partial charge is 0.381 e. The topological polar surface area (TPSA) is 77.5 Å². The minimum atomic E-state index is -0.0572. The molecule has 1 spiro atoms. The number of aliphatic imine (C=N–C) groups is 1. The van der Waals surface area contributed by atoms with E-state index in [1.54, 1.807) is 33.1 Å². The van der Waals surface area contributed by atoms with Gasteiger partial charge in [-0.2, -0.15) is 0 Å². The summed E-state index contributed by atoms with van der Waals surface area (Å²) in [5, 5.41) is 3.14. The van der Waals surface area contributed by atoms with Crippen LogP contribution >= 0.6 is 0 Å². The lowest BCUT2D eigenvalue weighted by molar-refractivity contribution is -0.127. The number of amides is 2. The highest BCUT2D eigenvalue weighted by molar-refractivity contribution is 5.88. The molecule has 2 aliphatic rings. The summed E-state index contributed by atoms with van der Waals surface area (Å²) in [6, 6.07) is 0. The fourth-order valence-electron chi connectivity index (χ4n) is 3.19. The third-order valence-corrected chi connectivity index (χ3v) is 5.05. The first-order chi connectivity index (χ1) is 11.8. The first-order valence-electron chi connectivity index (χ1n) is 8.84. The Morgan fingerprint density at radius 3 is 2.32 bits per heavy atom. The zero-order valence-electron chi connectivity index (χ0n) is 15.9. The number of nitrogens with zero attached hydrogens (tertiary/aromatic N) is 4. The minimum Gasteiger partial charge on any atom is -0.381 e. The predicted molar refractivity (Wildman–Crippen MR) is 96.4 cm³/mol. The minimum absolute atomic E-state index is 0.0217. The van der Waals surface area contributed by atoms with Crippen molar-refractivity contribution in [2.75, 3.05) is 67.6 Å². The molecule has 0 saturated carbocycles. The number of likely N-dealkylation sites (N-methyl/N-ethyl adjacent to an activating group) is 2. The zero-order chi connectivity index (χ0) is 18.4. The van der Waals surface area contributed by atoms with Gasteiger partial charge in [-0.1, -0.05) is 0 Å². The molecule has 1 N–H and O–H groups in total. The van der Waals surface area contributed by atoms with Gasteiger partial charge in [0.15, 0.2) is 5.96 Å². The van der Waals surface area contributed by atoms with Gasteiger partial charge in [0.1, 0.15) is 6.54 Å². The van der Waals surface area contributed by atoms with E-state index in [2.05, 4.69) is 15.2 Å². The normalized spacial score (nSPS) is 19.8. The van der Waals surface area contributed by atoms with Gasteiger partial charge in [-0.25, -0.2) is 4.99 Å². The van der Waals surface area contributed by atoms with Crippen molar-refractivity contribution in [1.29, 1.82) is 0 Å². The van der Waals surface area contributed by atoms with E-state index >= 15 is 0 Å². The highest BCUT2D eigenvalue weighted by atomic mass is 16.5. The predicted octanol–water partition coefficient (Wildman–Crippen LogP) is -0.389. The molecule has 8 heteroatoms. The Morgan fingerprint density at radius 1 is 1.08 bits per heavy atom. The molecule has 142 valence electrons. The Labute approximate surface area is 150 Å². The summed E-state index contributed by atoms with van der Waals surface area (Å²) >= 11 is 0. The monoisotopic (exact) mass is 353 g/mol. The van der Waals surface area contributed by atoms with E-state index in [1.807, 2.05) is 0 Å². The molecule has 2 saturated heterocycles. The van der Waals surface area contributed by atoms with Crippen molar-refractivity contribution in [1.82, 2.24) is 20.0 Å². The van der Waals surface area contributed by atoms with Gasteiger partial charge in [0, 0.05) is 54.5 Å². The summed E-state index contributed by atoms with van der Waals surface area (Å²) in [6.45, 7) is 3.66. The van der Waals surface area contributed by atoms with E-state index in [-0.39, 0.29) is 30.3 Å². The van der Waals surface area contributed by atoms with Gasteiger partial charge >= 0.3 is 0 Å². The van der Waals surface area contributed by atoms with E-state index in [4.69, 9.17) is 4.74 Å². The van der Waals surface area contributed by atoms with Crippen molar-refractivity contribution in [2.45, 2.75) is 19.3 Å². The molecule has 2 amide bonds. The van der Waals surface area contributed by atoms with Crippen LogP contribution in [0.15, 0.2) is 4.99 Å². The van der Waals surface area contributed by atoms with Gasteiger partial charge in [0.05, 0.1) is 6.54 Å². The fraction of sp³-hybridized carbons (Fsp3) is 0.824. The SMILES string of the molecule is CN(C)C(=O)CN=C(NCC(=O)N(C)C)N1CCC2(CCOCC2)C1. The molecule has 0 aromatic carbocycles. The molecule has 0 aliphatic carbocycles. The summed E-state index contributed by atoms with van der Waals surface area (Å²) in [5.74, 6) is 0.568. The zero-order valence-corrected chi connectivity index (χ0v) is 15.9. The molecule has 0 aromatic heterocycles. The third kappa shape index (κ3) is 5.32. The molecular weight excluding hydrogens is 322 g/mol. The van der Waals surface area contributed by atoms with E-state index in [0.29, 0.717) is 5.96 Å². The molecule has 0 unspecified atom stereocenters. The van der Waals surface area contributed by atoms with Crippen molar-refractivity contribution in [3.8, 4) is 0 Å². The maximum absolute atomic E-state index is 11.9. The van der Waals surface area contributed by atoms with E-state index in [1.165, 1.54) is 4.90 Å². The molecule has 25 heavy (non-hydrogen) atoms. The van der Waals surface area contributed by atoms with Crippen LogP contribution in [0.5, 0.6) is 0 Å². The highest BCUT2D eigenvalue weighted by Gasteiger charge is 2.40. The number of likely N-dealkylation sites (tertiary alicyclic amines) is 1. The second-order valence-electron chi connectivity index (χ2n) is 7.35. The molecule has 2 fully saturated rings. The van der Waals surface area contributed by atoms with Gasteiger partial charge in [0.2, 0.25) is 11.8 Å². The molecule has 0 bridgehead atoms. The highest BCUT2D eigenvalue weighted by Crippen LogP contribution is 2.39. The van der Waals surface area contributed by atoms with Crippen LogP contribution in [0.25, 0.3) is 0 Å². The standard InChI is InChI=1S/C17H31N5O3/c1-20(2)14(23)11-18-16(19-12-15(24)21(3)4)22-8-5-17(13-22)6-9-25-10-7-17/h5-13H2,1-4H3,(H,18,19). The maximum Gasteiger partial charge on any atom is 0.243 e. The van der Waals surface area contributed by atoms with Crippen molar-refractivity contribution in [2.24, 2.45) is 10.4 Å². The Hall–Kier alpha value is -1.83. The molecular formula is C17H31N5O3. The quantitative estimate of drug-likeness (QED) is 0.550. The lowest BCUT2D eigenvalue weighted by atomic mass is 9.80. The van der Waals surface area contributed by atoms with Crippen LogP contribution in [0.4, 0.5) is 0 Å². The Balaban J connectivity index is 2.04. The Morgan fingerprint density at radius 2 is 1.72 bits per heavy atom. The average molecular weight is 353 g/mol. The van der Waals surface area contributed by atoms with Crippen LogP contribution in [-0.2, 0) is 14.3 Å². The number of carbonyl (C=O) groups excluding carboxylic acids is 2. The number of ether oxygens (including phenoxy) is 1. The van der Waals surface area contributed by atoms with Gasteiger partial charge in [-0.15, -0.1) is 0 Å². The summed E-state index contributed by atoms with van der Waals surface area (Å²) < 4.78 is 5.50. The van der Waals surface area contributed by atoms with Crippen LogP contribution in [0.1, 0.15) is 19.3 Å². The Kier molecular flexibility index (Phi) is 6.64. The maximum atomic E-state index is 11.9. The molecule has 0 aromatic rings. The van der Waals surface area contributed by atoms with E-state index in [9.17, 15) is 9.59 Å². The van der Waals surface area contributed by atoms with Crippen molar-refractivity contribution >= 4 is 17.8 Å². The second kappa shape index (κ2) is 8.51. The first-order valence-corrected chi connectivity index (χ1v) is 8.84. The summed E-state index contributed by atoms with van der Waals surface area (Å²) in [4.78, 5) is 33.5. The molecule has 8 nitrogen and oxygen atoms in total. The summed E-state index contributed by atoms with van der Waals surface area (Å²) in [7, 11) is 6.88. The summed E-state index contributed by atoms with van der Waals surface area (Å²) in [6.07, 6.45) is 3.22. The lowest BCUT2D eigenvalue weighted by Crippen LogP contribution is -2.46. The number of nitrogens with one attached hydrogen (secondary N) is 1. The fourth-order valence-corrected chi connectivity index (χ4v) is 3.19. The van der Waals surface area contributed by atoms with E-state index < -0.39 is 0 Å². The number of guanidine groups is 1. The summed E-state index contributed by atoms with van der Waals surface area (Å²) in [5.41, 5.74) is 0.276. The van der Waals surface area contributed by atoms with Gasteiger partial charge in [-0.05, 0) is 24.7 Å². The first kappa shape index (κ1) is 19.5. The van der Waals surface area contributed by atoms with Crippen LogP contribution in [0.2, 0.25) is 0 Å². The van der Waals surface area contributed by atoms with Gasteiger partial charge in [-0.3, -0.25) is 9.59 Å². The van der Waals surface area contributed by atoms with Gasteiger partial charge in [0.25, 0.3) is 0 Å². The number of hydrogen-bond acceptors (Lipinski definition) is 4. The number of rotatable bonds is 4. The Bertz CT molecular complexity index is 512. The van der Waals surface area contributed by atoms with Crippen LogP contribution in [-0.4, -0.2) is 100 Å². The van der Waals surface area contributed by atoms with Crippen molar-refractivity contribution in [3.63, 3.8) is 0 Å². The van der Waals surface area contributed by atoms with Crippen molar-refractivity contribution in [3.05, 3.63) is 0 Å². The molecule has 2 rings (SSSR count). The van der Waals surface area contributed by atoms with Crippen LogP contribution < -0.4 is 5.32 Å². The molecule has 2 heterocycles. The smallest absolute Gasteiger partial charge is 0.243 e. The van der Waals surface area contributed by atoms with Crippen molar-refractivity contribution < 1.29 is 14.3 Å². The molecule has 0 radical (unpaired) electrons. The number of hydrogen-bond donors (Lipinski definition) is 1. The molecule has 0 atom stereocenters. The average Bonchev–Trinajstić information content (AvgIpc) is 2.97. The van der Waals surface area contributed by atoms with Gasteiger partial charge < -0.3 is 24.8 Å². The molecule has 2 aliphatic heterocycles. The third-order valence-electron chi connectivity index (χ3n) is 5.05. The lowest BCUT2D eigenvalue weighted by Gasteiger charge is -2.33.